The number of hydrogen-bond acceptors (Lipinski definition) is 3. The van der Waals surface area contributed by atoms with E-state index in [4.69, 9.17) is 16.2 Å². The minimum Gasteiger partial charge on any atom is -0.481 e. The molecular formula is C12H17FN2O2. The zero-order valence-corrected chi connectivity index (χ0v) is 9.94. The van der Waals surface area contributed by atoms with Crippen LogP contribution in [0.4, 0.5) is 4.39 Å². The molecule has 4 N–H and O–H groups in total. The number of rotatable bonds is 5. The van der Waals surface area contributed by atoms with E-state index < -0.39 is 17.8 Å². The minimum atomic E-state index is -0.740. The van der Waals surface area contributed by atoms with Crippen LogP contribution in [0.15, 0.2) is 18.2 Å². The highest BCUT2D eigenvalue weighted by Gasteiger charge is 2.16. The molecule has 0 spiro atoms. The molecule has 17 heavy (non-hydrogen) atoms. The highest BCUT2D eigenvalue weighted by Crippen LogP contribution is 2.21. The highest BCUT2D eigenvalue weighted by atomic mass is 19.1. The average Bonchev–Trinajstić information content (AvgIpc) is 2.24. The number of nitrogens with two attached hydrogens (primary N) is 2. The molecule has 1 aromatic rings. The van der Waals surface area contributed by atoms with E-state index in [9.17, 15) is 9.18 Å². The lowest BCUT2D eigenvalue weighted by atomic mass is 10.1. The second kappa shape index (κ2) is 5.63. The summed E-state index contributed by atoms with van der Waals surface area (Å²) >= 11 is 0. The molecule has 0 aromatic heterocycles. The van der Waals surface area contributed by atoms with E-state index in [2.05, 4.69) is 0 Å². The quantitative estimate of drug-likeness (QED) is 0.818. The molecule has 0 aliphatic rings. The maximum Gasteiger partial charge on any atom is 0.258 e. The van der Waals surface area contributed by atoms with Gasteiger partial charge in [-0.1, -0.05) is 13.0 Å². The third-order valence-electron chi connectivity index (χ3n) is 2.43. The van der Waals surface area contributed by atoms with E-state index in [1.807, 2.05) is 0 Å². The van der Waals surface area contributed by atoms with Gasteiger partial charge in [0.15, 0.2) is 6.10 Å². The van der Waals surface area contributed by atoms with Crippen molar-refractivity contribution >= 4 is 5.91 Å². The number of carbonyl (C=O) groups is 1. The molecule has 0 radical (unpaired) electrons. The maximum atomic E-state index is 13.6. The van der Waals surface area contributed by atoms with Crippen LogP contribution < -0.4 is 16.2 Å². The van der Waals surface area contributed by atoms with E-state index in [0.717, 1.165) is 0 Å². The van der Waals surface area contributed by atoms with Crippen LogP contribution in [0, 0.1) is 5.82 Å². The van der Waals surface area contributed by atoms with Gasteiger partial charge in [0.05, 0.1) is 0 Å². The molecule has 0 saturated carbocycles. The summed E-state index contributed by atoms with van der Waals surface area (Å²) in [5.41, 5.74) is 11.1. The maximum absolute atomic E-state index is 13.6. The predicted octanol–water partition coefficient (Wildman–Crippen LogP) is 1.49. The van der Waals surface area contributed by atoms with Crippen molar-refractivity contribution in [3.63, 3.8) is 0 Å². The van der Waals surface area contributed by atoms with Crippen molar-refractivity contribution < 1.29 is 13.9 Å². The fraction of sp³-hybridized carbons (Fsp3) is 0.417. The lowest BCUT2D eigenvalue weighted by Crippen LogP contribution is -2.33. The number of ether oxygens (including phenoxy) is 1. The van der Waals surface area contributed by atoms with Crippen LogP contribution in [0.1, 0.15) is 31.9 Å². The summed E-state index contributed by atoms with van der Waals surface area (Å²) in [5.74, 6) is -0.737. The number of hydrogen-bond donors (Lipinski definition) is 2. The molecule has 0 heterocycles. The first-order valence-electron chi connectivity index (χ1n) is 5.46. The van der Waals surface area contributed by atoms with Crippen LogP contribution >= 0.6 is 0 Å². The molecule has 0 saturated heterocycles. The topological polar surface area (TPSA) is 78.3 Å². The number of amides is 1. The van der Waals surface area contributed by atoms with Crippen molar-refractivity contribution in [2.24, 2.45) is 11.5 Å². The lowest BCUT2D eigenvalue weighted by molar-refractivity contribution is -0.124. The molecule has 1 aromatic carbocycles. The van der Waals surface area contributed by atoms with Crippen molar-refractivity contribution in [1.82, 2.24) is 0 Å². The van der Waals surface area contributed by atoms with E-state index in [1.165, 1.54) is 6.07 Å². The summed E-state index contributed by atoms with van der Waals surface area (Å²) in [6.07, 6.45) is -0.304. The molecule has 0 aliphatic heterocycles. The summed E-state index contributed by atoms with van der Waals surface area (Å²) in [6, 6.07) is 3.95. The number of primary amides is 1. The van der Waals surface area contributed by atoms with Crippen LogP contribution in [0.5, 0.6) is 5.75 Å². The zero-order chi connectivity index (χ0) is 13.0. The van der Waals surface area contributed by atoms with Gasteiger partial charge in [0.2, 0.25) is 0 Å². The fourth-order valence-electron chi connectivity index (χ4n) is 1.46. The van der Waals surface area contributed by atoms with Crippen LogP contribution in [0.25, 0.3) is 0 Å². The summed E-state index contributed by atoms with van der Waals surface area (Å²) in [7, 11) is 0. The molecular weight excluding hydrogens is 223 g/mol. The second-order valence-corrected chi connectivity index (χ2v) is 3.89. The van der Waals surface area contributed by atoms with Crippen molar-refractivity contribution in [2.45, 2.75) is 32.4 Å². The van der Waals surface area contributed by atoms with Crippen LogP contribution in [0.3, 0.4) is 0 Å². The molecule has 1 unspecified atom stereocenters. The predicted molar refractivity (Wildman–Crippen MR) is 62.9 cm³/mol. The monoisotopic (exact) mass is 240 g/mol. The largest absolute Gasteiger partial charge is 0.481 e. The van der Waals surface area contributed by atoms with Gasteiger partial charge in [-0.15, -0.1) is 0 Å². The molecule has 2 atom stereocenters. The van der Waals surface area contributed by atoms with E-state index in [1.54, 1.807) is 26.0 Å². The number of halogens is 1. The van der Waals surface area contributed by atoms with E-state index >= 15 is 0 Å². The van der Waals surface area contributed by atoms with Crippen molar-refractivity contribution in [3.05, 3.63) is 29.6 Å². The lowest BCUT2D eigenvalue weighted by Gasteiger charge is -2.15. The molecule has 0 fully saturated rings. The first-order valence-corrected chi connectivity index (χ1v) is 5.46. The zero-order valence-electron chi connectivity index (χ0n) is 9.94. The molecule has 1 amide bonds. The van der Waals surface area contributed by atoms with Gasteiger partial charge in [0.1, 0.15) is 11.6 Å². The smallest absolute Gasteiger partial charge is 0.258 e. The van der Waals surface area contributed by atoms with Gasteiger partial charge in [-0.3, -0.25) is 4.79 Å². The summed E-state index contributed by atoms with van der Waals surface area (Å²) in [6.45, 7) is 3.46. The standard InChI is InChI=1S/C12H17FN2O2/c1-3-11(12(15)16)17-8-4-5-9(7(2)14)10(13)6-8/h4-7,11H,3,14H2,1-2H3,(H2,15,16)/t7-,11?/m0/s1. The Kier molecular flexibility index (Phi) is 4.45. The third kappa shape index (κ3) is 3.42. The van der Waals surface area contributed by atoms with Gasteiger partial charge in [0, 0.05) is 17.7 Å². The Bertz CT molecular complexity index is 407. The normalized spacial score (nSPS) is 14.1. The van der Waals surface area contributed by atoms with Crippen LogP contribution in [0.2, 0.25) is 0 Å². The van der Waals surface area contributed by atoms with Gasteiger partial charge in [-0.2, -0.15) is 0 Å². The first-order chi connectivity index (χ1) is 7.95. The van der Waals surface area contributed by atoms with Crippen molar-refractivity contribution in [1.29, 1.82) is 0 Å². The molecule has 4 nitrogen and oxygen atoms in total. The summed E-state index contributed by atoms with van der Waals surface area (Å²) in [4.78, 5) is 11.0. The molecule has 0 bridgehead atoms. The summed E-state index contributed by atoms with van der Waals surface area (Å²) < 4.78 is 18.9. The average molecular weight is 240 g/mol. The van der Waals surface area contributed by atoms with Gasteiger partial charge >= 0.3 is 0 Å². The van der Waals surface area contributed by atoms with Crippen LogP contribution in [-0.2, 0) is 4.79 Å². The third-order valence-corrected chi connectivity index (χ3v) is 2.43. The Morgan fingerprint density at radius 1 is 1.53 bits per heavy atom. The molecule has 0 aliphatic carbocycles. The number of carbonyl (C=O) groups excluding carboxylic acids is 1. The Balaban J connectivity index is 2.87. The Labute approximate surface area is 99.7 Å². The van der Waals surface area contributed by atoms with E-state index in [-0.39, 0.29) is 11.8 Å². The van der Waals surface area contributed by atoms with Crippen molar-refractivity contribution in [2.75, 3.05) is 0 Å². The van der Waals surface area contributed by atoms with Crippen molar-refractivity contribution in [3.8, 4) is 5.75 Å². The minimum absolute atomic E-state index is 0.276. The highest BCUT2D eigenvalue weighted by molar-refractivity contribution is 5.79. The fourth-order valence-corrected chi connectivity index (χ4v) is 1.46. The number of benzene rings is 1. The molecule has 1 rings (SSSR count). The van der Waals surface area contributed by atoms with Gasteiger partial charge < -0.3 is 16.2 Å². The summed E-state index contributed by atoms with van der Waals surface area (Å²) in [5, 5.41) is 0. The Hall–Kier alpha value is -1.62. The van der Waals surface area contributed by atoms with Crippen LogP contribution in [-0.4, -0.2) is 12.0 Å². The second-order valence-electron chi connectivity index (χ2n) is 3.89. The Morgan fingerprint density at radius 3 is 2.59 bits per heavy atom. The molecule has 94 valence electrons. The Morgan fingerprint density at radius 2 is 2.18 bits per heavy atom. The van der Waals surface area contributed by atoms with Gasteiger partial charge in [-0.05, 0) is 19.4 Å². The first kappa shape index (κ1) is 13.4. The van der Waals surface area contributed by atoms with Gasteiger partial charge in [-0.25, -0.2) is 4.39 Å². The molecule has 5 heteroatoms. The van der Waals surface area contributed by atoms with E-state index in [0.29, 0.717) is 12.0 Å². The van der Waals surface area contributed by atoms with Gasteiger partial charge in [0.25, 0.3) is 5.91 Å². The SMILES string of the molecule is CCC(Oc1ccc([C@H](C)N)c(F)c1)C(N)=O.